The van der Waals surface area contributed by atoms with Gasteiger partial charge in [0.05, 0.1) is 4.92 Å². The smallest absolute Gasteiger partial charge is 0.269 e. The average Bonchev–Trinajstić information content (AvgIpc) is 2.91. The van der Waals surface area contributed by atoms with E-state index < -0.39 is 0 Å². The van der Waals surface area contributed by atoms with E-state index in [0.717, 1.165) is 31.7 Å². The summed E-state index contributed by atoms with van der Waals surface area (Å²) in [5.41, 5.74) is 1.29. The van der Waals surface area contributed by atoms with E-state index >= 15 is 0 Å². The van der Waals surface area contributed by atoms with Crippen LogP contribution in [-0.2, 0) is 6.54 Å². The fourth-order valence-corrected chi connectivity index (χ4v) is 2.51. The van der Waals surface area contributed by atoms with Crippen LogP contribution in [0.15, 0.2) is 24.3 Å². The Hall–Kier alpha value is -1.46. The molecule has 0 radical (unpaired) electrons. The minimum absolute atomic E-state index is 0.157. The molecule has 1 saturated heterocycles. The molecular formula is C14H21N3O2. The Morgan fingerprint density at radius 3 is 2.68 bits per heavy atom. The van der Waals surface area contributed by atoms with Gasteiger partial charge in [-0.1, -0.05) is 19.1 Å². The van der Waals surface area contributed by atoms with Crippen molar-refractivity contribution in [2.45, 2.75) is 32.4 Å². The van der Waals surface area contributed by atoms with Crippen LogP contribution in [0.3, 0.4) is 0 Å². The van der Waals surface area contributed by atoms with E-state index in [9.17, 15) is 10.1 Å². The van der Waals surface area contributed by atoms with Gasteiger partial charge in [-0.3, -0.25) is 15.0 Å². The summed E-state index contributed by atoms with van der Waals surface area (Å²) >= 11 is 0. The Bertz CT molecular complexity index is 413. The molecule has 1 aliphatic rings. The van der Waals surface area contributed by atoms with Crippen molar-refractivity contribution in [3.8, 4) is 0 Å². The number of benzene rings is 1. The Labute approximate surface area is 113 Å². The molecule has 19 heavy (non-hydrogen) atoms. The van der Waals surface area contributed by atoms with Gasteiger partial charge in [0.1, 0.15) is 0 Å². The second-order valence-electron chi connectivity index (χ2n) is 5.04. The van der Waals surface area contributed by atoms with Crippen molar-refractivity contribution in [1.29, 1.82) is 0 Å². The summed E-state index contributed by atoms with van der Waals surface area (Å²) < 4.78 is 0. The molecule has 0 spiro atoms. The highest BCUT2D eigenvalue weighted by atomic mass is 16.6. The first-order chi connectivity index (χ1) is 9.19. The third-order valence-corrected chi connectivity index (χ3v) is 3.64. The SMILES string of the molecule is CCN(Cc1ccc([N+](=O)[O-])cc1)CC1CCCN1. The van der Waals surface area contributed by atoms with Gasteiger partial charge < -0.3 is 5.32 Å². The van der Waals surface area contributed by atoms with Crippen molar-refractivity contribution in [3.63, 3.8) is 0 Å². The quantitative estimate of drug-likeness (QED) is 0.631. The minimum Gasteiger partial charge on any atom is -0.313 e. The minimum atomic E-state index is -0.357. The van der Waals surface area contributed by atoms with Crippen molar-refractivity contribution in [2.75, 3.05) is 19.6 Å². The van der Waals surface area contributed by atoms with Crippen LogP contribution in [0.1, 0.15) is 25.3 Å². The summed E-state index contributed by atoms with van der Waals surface area (Å²) in [6, 6.07) is 7.46. The van der Waals surface area contributed by atoms with Crippen molar-refractivity contribution in [3.05, 3.63) is 39.9 Å². The third-order valence-electron chi connectivity index (χ3n) is 3.64. The van der Waals surface area contributed by atoms with Crippen LogP contribution in [0.2, 0.25) is 0 Å². The molecule has 1 heterocycles. The van der Waals surface area contributed by atoms with Gasteiger partial charge in [-0.25, -0.2) is 0 Å². The van der Waals surface area contributed by atoms with Gasteiger partial charge in [0, 0.05) is 31.3 Å². The van der Waals surface area contributed by atoms with Crippen molar-refractivity contribution in [2.24, 2.45) is 0 Å². The largest absolute Gasteiger partial charge is 0.313 e. The monoisotopic (exact) mass is 263 g/mol. The number of nitrogens with zero attached hydrogens (tertiary/aromatic N) is 2. The molecule has 1 aromatic rings. The van der Waals surface area contributed by atoms with E-state index in [2.05, 4.69) is 17.1 Å². The third kappa shape index (κ3) is 4.01. The van der Waals surface area contributed by atoms with Crippen molar-refractivity contribution in [1.82, 2.24) is 10.2 Å². The summed E-state index contributed by atoms with van der Waals surface area (Å²) in [5, 5.41) is 14.1. The zero-order valence-corrected chi connectivity index (χ0v) is 11.3. The van der Waals surface area contributed by atoms with Gasteiger partial charge in [0.25, 0.3) is 5.69 Å². The maximum Gasteiger partial charge on any atom is 0.269 e. The van der Waals surface area contributed by atoms with E-state index in [1.807, 2.05) is 12.1 Å². The molecule has 5 nitrogen and oxygen atoms in total. The van der Waals surface area contributed by atoms with E-state index in [0.29, 0.717) is 6.04 Å². The van der Waals surface area contributed by atoms with E-state index in [1.54, 1.807) is 12.1 Å². The molecule has 0 aliphatic carbocycles. The van der Waals surface area contributed by atoms with E-state index in [1.165, 1.54) is 12.8 Å². The van der Waals surface area contributed by atoms with Gasteiger partial charge in [0.15, 0.2) is 0 Å². The van der Waals surface area contributed by atoms with Crippen LogP contribution < -0.4 is 5.32 Å². The van der Waals surface area contributed by atoms with Crippen LogP contribution in [0.25, 0.3) is 0 Å². The van der Waals surface area contributed by atoms with Crippen LogP contribution in [0.4, 0.5) is 5.69 Å². The average molecular weight is 263 g/mol. The lowest BCUT2D eigenvalue weighted by molar-refractivity contribution is -0.384. The van der Waals surface area contributed by atoms with E-state index in [-0.39, 0.29) is 10.6 Å². The first-order valence-electron chi connectivity index (χ1n) is 6.88. The first kappa shape index (κ1) is 14.0. The number of rotatable bonds is 6. The van der Waals surface area contributed by atoms with Crippen molar-refractivity contribution < 1.29 is 4.92 Å². The molecule has 0 aromatic heterocycles. The van der Waals surface area contributed by atoms with Crippen LogP contribution in [0.5, 0.6) is 0 Å². The molecule has 104 valence electrons. The highest BCUT2D eigenvalue weighted by Gasteiger charge is 2.17. The lowest BCUT2D eigenvalue weighted by Gasteiger charge is -2.24. The molecule has 0 amide bonds. The van der Waals surface area contributed by atoms with Crippen molar-refractivity contribution >= 4 is 5.69 Å². The normalized spacial score (nSPS) is 18.9. The fraction of sp³-hybridized carbons (Fsp3) is 0.571. The highest BCUT2D eigenvalue weighted by Crippen LogP contribution is 2.14. The van der Waals surface area contributed by atoms with E-state index in [4.69, 9.17) is 0 Å². The molecule has 5 heteroatoms. The number of hydrogen-bond donors (Lipinski definition) is 1. The number of non-ortho nitro benzene ring substituents is 1. The Kier molecular flexibility index (Phi) is 4.87. The Morgan fingerprint density at radius 1 is 1.42 bits per heavy atom. The summed E-state index contributed by atoms with van der Waals surface area (Å²) in [6.07, 6.45) is 2.51. The molecule has 1 fully saturated rings. The molecule has 2 rings (SSSR count). The molecule has 1 atom stereocenters. The fourth-order valence-electron chi connectivity index (χ4n) is 2.51. The predicted octanol–water partition coefficient (Wildman–Crippen LogP) is 2.17. The topological polar surface area (TPSA) is 58.4 Å². The molecule has 1 aliphatic heterocycles. The number of nitro benzene ring substituents is 1. The highest BCUT2D eigenvalue weighted by molar-refractivity contribution is 5.32. The number of likely N-dealkylation sites (N-methyl/N-ethyl adjacent to an activating group) is 1. The van der Waals surface area contributed by atoms with Gasteiger partial charge in [-0.15, -0.1) is 0 Å². The summed E-state index contributed by atoms with van der Waals surface area (Å²) in [5.74, 6) is 0. The second-order valence-corrected chi connectivity index (χ2v) is 5.04. The van der Waals surface area contributed by atoms with Crippen LogP contribution in [0, 0.1) is 10.1 Å². The van der Waals surface area contributed by atoms with Gasteiger partial charge >= 0.3 is 0 Å². The second kappa shape index (κ2) is 6.63. The standard InChI is InChI=1S/C14H21N3O2/c1-2-16(11-13-4-3-9-15-13)10-12-5-7-14(8-6-12)17(18)19/h5-8,13,15H,2-4,9-11H2,1H3. The predicted molar refractivity (Wildman–Crippen MR) is 75.1 cm³/mol. The van der Waals surface area contributed by atoms with Crippen LogP contribution >= 0.6 is 0 Å². The molecular weight excluding hydrogens is 242 g/mol. The molecule has 0 bridgehead atoms. The summed E-state index contributed by atoms with van der Waals surface area (Å²) in [4.78, 5) is 12.6. The molecule has 1 aromatic carbocycles. The molecule has 0 saturated carbocycles. The van der Waals surface area contributed by atoms with Crippen LogP contribution in [-0.4, -0.2) is 35.5 Å². The maximum absolute atomic E-state index is 10.6. The summed E-state index contributed by atoms with van der Waals surface area (Å²) in [7, 11) is 0. The van der Waals surface area contributed by atoms with Gasteiger partial charge in [-0.05, 0) is 31.5 Å². The summed E-state index contributed by atoms with van der Waals surface area (Å²) in [6.45, 7) is 6.18. The number of nitrogens with one attached hydrogen (secondary N) is 1. The number of nitro groups is 1. The maximum atomic E-state index is 10.6. The van der Waals surface area contributed by atoms with Gasteiger partial charge in [-0.2, -0.15) is 0 Å². The zero-order valence-electron chi connectivity index (χ0n) is 11.3. The first-order valence-corrected chi connectivity index (χ1v) is 6.88. The lowest BCUT2D eigenvalue weighted by atomic mass is 10.1. The Balaban J connectivity index is 1.91. The lowest BCUT2D eigenvalue weighted by Crippen LogP contribution is -2.37. The zero-order chi connectivity index (χ0) is 13.7. The molecule has 1 N–H and O–H groups in total. The molecule has 1 unspecified atom stereocenters. The number of hydrogen-bond acceptors (Lipinski definition) is 4. The van der Waals surface area contributed by atoms with Gasteiger partial charge in [0.2, 0.25) is 0 Å². The Morgan fingerprint density at radius 2 is 2.16 bits per heavy atom.